The van der Waals surface area contributed by atoms with Crippen LogP contribution in [-0.2, 0) is 4.57 Å². The van der Waals surface area contributed by atoms with E-state index < -0.39 is 7.14 Å². The van der Waals surface area contributed by atoms with Crippen LogP contribution in [0.15, 0.2) is 36.4 Å². The molecule has 0 unspecified atom stereocenters. The Labute approximate surface area is 187 Å². The fourth-order valence-electron chi connectivity index (χ4n) is 5.33. The van der Waals surface area contributed by atoms with Gasteiger partial charge in [-0.05, 0) is 95.7 Å². The van der Waals surface area contributed by atoms with E-state index in [1.165, 1.54) is 0 Å². The van der Waals surface area contributed by atoms with Crippen molar-refractivity contribution >= 4 is 23.3 Å². The van der Waals surface area contributed by atoms with E-state index in [1.54, 1.807) is 0 Å². The second-order valence-electron chi connectivity index (χ2n) is 9.18. The van der Waals surface area contributed by atoms with Gasteiger partial charge in [-0.25, -0.2) is 0 Å². The van der Waals surface area contributed by atoms with Gasteiger partial charge in [0.2, 0.25) is 12.7 Å². The van der Waals surface area contributed by atoms with E-state index in [1.807, 2.05) is 98.7 Å². The van der Waals surface area contributed by atoms with Crippen LogP contribution in [0.25, 0.3) is 0 Å². The van der Waals surface area contributed by atoms with Crippen LogP contribution in [0, 0.1) is 62.3 Å². The Morgan fingerprint density at radius 3 is 1.06 bits per heavy atom. The lowest BCUT2D eigenvalue weighted by molar-refractivity contribution is 0.107. The number of rotatable bonds is 4. The zero-order valence-corrected chi connectivity index (χ0v) is 21.1. The van der Waals surface area contributed by atoms with Gasteiger partial charge in [0, 0.05) is 16.2 Å². The first-order valence-electron chi connectivity index (χ1n) is 10.8. The summed E-state index contributed by atoms with van der Waals surface area (Å²) in [5.74, 6) is 0. The Balaban J connectivity index is 2.49. The van der Waals surface area contributed by atoms with Crippen molar-refractivity contribution in [1.29, 1.82) is 0 Å². The van der Waals surface area contributed by atoms with Crippen molar-refractivity contribution in [2.24, 2.45) is 0 Å². The number of carbonyl (C=O) groups is 1. The third-order valence-corrected chi connectivity index (χ3v) is 9.54. The lowest BCUT2D eigenvalue weighted by atomic mass is 10.0. The molecule has 0 aliphatic rings. The molecule has 2 nitrogen and oxygen atoms in total. The summed E-state index contributed by atoms with van der Waals surface area (Å²) in [4.78, 5) is 14.3. The Hall–Kier alpha value is -2.44. The molecule has 3 heteroatoms. The van der Waals surface area contributed by atoms with E-state index in [2.05, 4.69) is 0 Å². The SMILES string of the molecule is Cc1cc(C)c(C(=O)P(=O)(c2c(C)cc(C)cc2C)c2c(C)cc(C)cc2C)c(C)c1. The molecule has 0 saturated heterocycles. The van der Waals surface area contributed by atoms with E-state index in [9.17, 15) is 4.79 Å². The van der Waals surface area contributed by atoms with Gasteiger partial charge in [-0.2, -0.15) is 0 Å². The highest BCUT2D eigenvalue weighted by molar-refractivity contribution is 7.93. The zero-order chi connectivity index (χ0) is 23.2. The first-order chi connectivity index (χ1) is 14.4. The van der Waals surface area contributed by atoms with Crippen LogP contribution in [0.4, 0.5) is 0 Å². The Morgan fingerprint density at radius 1 is 0.516 bits per heavy atom. The molecular formula is C28H33O2P. The highest BCUT2D eigenvalue weighted by Gasteiger charge is 2.42. The number of hydrogen-bond donors (Lipinski definition) is 0. The second kappa shape index (κ2) is 8.24. The van der Waals surface area contributed by atoms with Gasteiger partial charge in [0.25, 0.3) is 0 Å². The topological polar surface area (TPSA) is 34.1 Å². The molecule has 0 fully saturated rings. The molecule has 0 atom stereocenters. The normalized spacial score (nSPS) is 11.6. The van der Waals surface area contributed by atoms with Crippen LogP contribution < -0.4 is 10.6 Å². The van der Waals surface area contributed by atoms with Gasteiger partial charge in [-0.3, -0.25) is 4.79 Å². The molecular weight excluding hydrogens is 399 g/mol. The predicted molar refractivity (Wildman–Crippen MR) is 133 cm³/mol. The van der Waals surface area contributed by atoms with Crippen molar-refractivity contribution < 1.29 is 9.36 Å². The summed E-state index contributed by atoms with van der Waals surface area (Å²) in [5.41, 5.74) is 9.07. The van der Waals surface area contributed by atoms with Crippen molar-refractivity contribution in [2.75, 3.05) is 0 Å². The molecule has 0 spiro atoms. The third-order valence-electron chi connectivity index (χ3n) is 6.08. The maximum Gasteiger partial charge on any atom is 0.230 e. The van der Waals surface area contributed by atoms with Crippen molar-refractivity contribution in [3.63, 3.8) is 0 Å². The molecule has 0 radical (unpaired) electrons. The zero-order valence-electron chi connectivity index (χ0n) is 20.2. The number of aryl methyl sites for hydroxylation is 9. The Bertz CT molecular complexity index is 1130. The fourth-order valence-corrected chi connectivity index (χ4v) is 8.87. The van der Waals surface area contributed by atoms with Gasteiger partial charge in [0.15, 0.2) is 0 Å². The van der Waals surface area contributed by atoms with Crippen LogP contribution >= 0.6 is 7.14 Å². The first kappa shape index (κ1) is 23.2. The summed E-state index contributed by atoms with van der Waals surface area (Å²) in [5, 5.41) is 1.38. The van der Waals surface area contributed by atoms with E-state index in [0.717, 1.165) is 50.1 Å². The van der Waals surface area contributed by atoms with Crippen LogP contribution in [0.2, 0.25) is 0 Å². The number of benzene rings is 3. The molecule has 0 aromatic heterocycles. The predicted octanol–water partition coefficient (Wildman–Crippen LogP) is 6.62. The quantitative estimate of drug-likeness (QED) is 0.434. The summed E-state index contributed by atoms with van der Waals surface area (Å²) >= 11 is 0. The van der Waals surface area contributed by atoms with Gasteiger partial charge >= 0.3 is 0 Å². The first-order valence-corrected chi connectivity index (χ1v) is 12.5. The van der Waals surface area contributed by atoms with E-state index in [4.69, 9.17) is 0 Å². The van der Waals surface area contributed by atoms with Gasteiger partial charge in [0.1, 0.15) is 0 Å². The molecule has 162 valence electrons. The number of hydrogen-bond acceptors (Lipinski definition) is 2. The minimum atomic E-state index is -3.64. The molecule has 0 aliphatic heterocycles. The van der Waals surface area contributed by atoms with Gasteiger partial charge in [-0.15, -0.1) is 0 Å². The minimum Gasteiger partial charge on any atom is -0.305 e. The summed E-state index contributed by atoms with van der Waals surface area (Å²) in [6.07, 6.45) is 0. The smallest absolute Gasteiger partial charge is 0.230 e. The van der Waals surface area contributed by atoms with Crippen LogP contribution in [-0.4, -0.2) is 5.52 Å². The molecule has 0 aliphatic carbocycles. The number of carbonyl (C=O) groups excluding carboxylic acids is 1. The summed E-state index contributed by atoms with van der Waals surface area (Å²) in [7, 11) is -3.64. The largest absolute Gasteiger partial charge is 0.305 e. The molecule has 3 aromatic carbocycles. The molecule has 0 heterocycles. The summed E-state index contributed by atoms with van der Waals surface area (Å²) in [6, 6.07) is 12.2. The van der Waals surface area contributed by atoms with Crippen molar-refractivity contribution in [2.45, 2.75) is 62.3 Å². The molecule has 0 N–H and O–H groups in total. The van der Waals surface area contributed by atoms with Crippen LogP contribution in [0.3, 0.4) is 0 Å². The lowest BCUT2D eigenvalue weighted by Crippen LogP contribution is -2.30. The standard InChI is InChI=1S/C28H33O2P/c1-16-10-19(4)25(20(5)11-16)28(29)31(30,26-21(6)12-17(2)13-22(26)7)27-23(8)14-18(3)15-24(27)9/h10-15H,1-9H3. The maximum absolute atomic E-state index is 15.3. The van der Waals surface area contributed by atoms with Gasteiger partial charge in [0.05, 0.1) is 0 Å². The monoisotopic (exact) mass is 432 g/mol. The Morgan fingerprint density at radius 2 is 0.774 bits per heavy atom. The van der Waals surface area contributed by atoms with Crippen LogP contribution in [0.1, 0.15) is 60.4 Å². The van der Waals surface area contributed by atoms with Gasteiger partial charge in [-0.1, -0.05) is 53.1 Å². The molecule has 3 aromatic rings. The van der Waals surface area contributed by atoms with E-state index in [-0.39, 0.29) is 5.52 Å². The molecule has 0 saturated carbocycles. The Kier molecular flexibility index (Phi) is 6.18. The molecule has 0 bridgehead atoms. The maximum atomic E-state index is 15.3. The molecule has 31 heavy (non-hydrogen) atoms. The van der Waals surface area contributed by atoms with Crippen molar-refractivity contribution in [3.05, 3.63) is 92.0 Å². The molecule has 0 amide bonds. The van der Waals surface area contributed by atoms with Crippen molar-refractivity contribution in [1.82, 2.24) is 0 Å². The highest BCUT2D eigenvalue weighted by atomic mass is 31.2. The van der Waals surface area contributed by atoms with Crippen molar-refractivity contribution in [3.8, 4) is 0 Å². The summed E-state index contributed by atoms with van der Waals surface area (Å²) < 4.78 is 15.3. The minimum absolute atomic E-state index is 0.257. The fraction of sp³-hybridized carbons (Fsp3) is 0.321. The van der Waals surface area contributed by atoms with Gasteiger partial charge < -0.3 is 4.57 Å². The average Bonchev–Trinajstić information content (AvgIpc) is 2.58. The second-order valence-corrected chi connectivity index (χ2v) is 11.7. The average molecular weight is 433 g/mol. The summed E-state index contributed by atoms with van der Waals surface area (Å²) in [6.45, 7) is 17.9. The van der Waals surface area contributed by atoms with E-state index in [0.29, 0.717) is 16.2 Å². The molecule has 3 rings (SSSR count). The third kappa shape index (κ3) is 3.94. The van der Waals surface area contributed by atoms with E-state index >= 15 is 4.57 Å². The highest BCUT2D eigenvalue weighted by Crippen LogP contribution is 2.51. The van der Waals surface area contributed by atoms with Crippen LogP contribution in [0.5, 0.6) is 0 Å². The lowest BCUT2D eigenvalue weighted by Gasteiger charge is -2.27.